The molecule has 5 nitrogen and oxygen atoms in total. The minimum absolute atomic E-state index is 0.0767. The summed E-state index contributed by atoms with van der Waals surface area (Å²) < 4.78 is 17.7. The molecule has 1 fully saturated rings. The molecule has 0 bridgehead atoms. The Balaban J connectivity index is 1.88. The van der Waals surface area contributed by atoms with Gasteiger partial charge in [0.15, 0.2) is 11.5 Å². The predicted molar refractivity (Wildman–Crippen MR) is 127 cm³/mol. The lowest BCUT2D eigenvalue weighted by Crippen LogP contribution is -2.50. The van der Waals surface area contributed by atoms with Gasteiger partial charge in [0.05, 0.1) is 20.3 Å². The Morgan fingerprint density at radius 3 is 2.42 bits per heavy atom. The number of hydrogen-bond donors (Lipinski definition) is 1. The fourth-order valence-corrected chi connectivity index (χ4v) is 5.13. The Morgan fingerprint density at radius 1 is 1.19 bits per heavy atom. The molecule has 0 saturated carbocycles. The van der Waals surface area contributed by atoms with Gasteiger partial charge in [-0.15, -0.1) is 0 Å². The van der Waals surface area contributed by atoms with E-state index in [0.29, 0.717) is 23.6 Å². The number of nitrogens with zero attached hydrogens (tertiary/aromatic N) is 1. The number of piperidine rings is 1. The third-order valence-corrected chi connectivity index (χ3v) is 6.92. The standard InChI is InChI=1S/C26H42N2O3/c1-16(2)11-19-15-28-10-9-18-12-23(29-7)24(30-8)13-20(18)21(28)14-22(19)31-17(3)25(27)26(4,5)6/h12-13,16,19,21-22,25H,3,9-11,14-15,27H2,1-2,4-8H3/t19-,21-,22-,25-/m1/s1. The third kappa shape index (κ3) is 5.20. The molecule has 0 aromatic heterocycles. The molecule has 4 atom stereocenters. The Hall–Kier alpha value is -1.72. The monoisotopic (exact) mass is 430 g/mol. The summed E-state index contributed by atoms with van der Waals surface area (Å²) in [6.07, 6.45) is 3.23. The Labute approximate surface area is 188 Å². The van der Waals surface area contributed by atoms with Gasteiger partial charge in [0, 0.05) is 31.5 Å². The highest BCUT2D eigenvalue weighted by Gasteiger charge is 2.41. The van der Waals surface area contributed by atoms with Crippen LogP contribution in [0, 0.1) is 17.3 Å². The first-order valence-electron chi connectivity index (χ1n) is 11.6. The largest absolute Gasteiger partial charge is 0.493 e. The summed E-state index contributed by atoms with van der Waals surface area (Å²) in [5.74, 6) is 3.41. The van der Waals surface area contributed by atoms with Crippen molar-refractivity contribution < 1.29 is 14.2 Å². The highest BCUT2D eigenvalue weighted by atomic mass is 16.5. The SMILES string of the molecule is C=C(O[C@@H]1C[C@@H]2c3cc(OC)c(OC)cc3CCN2C[C@H]1CC(C)C)[C@@H](N)C(C)(C)C. The van der Waals surface area contributed by atoms with Crippen LogP contribution in [0.5, 0.6) is 11.5 Å². The van der Waals surface area contributed by atoms with Crippen LogP contribution >= 0.6 is 0 Å². The van der Waals surface area contributed by atoms with Crippen molar-refractivity contribution in [2.45, 2.75) is 72.1 Å². The maximum absolute atomic E-state index is 6.56. The number of nitrogens with two attached hydrogens (primary N) is 1. The second kappa shape index (κ2) is 9.41. The maximum atomic E-state index is 6.56. The van der Waals surface area contributed by atoms with Gasteiger partial charge < -0.3 is 19.9 Å². The molecule has 1 aromatic rings. The van der Waals surface area contributed by atoms with Gasteiger partial charge in [0.2, 0.25) is 0 Å². The molecule has 174 valence electrons. The van der Waals surface area contributed by atoms with Crippen molar-refractivity contribution >= 4 is 0 Å². The van der Waals surface area contributed by atoms with Crippen LogP contribution in [-0.4, -0.2) is 44.4 Å². The number of fused-ring (bicyclic) bond motifs is 3. The minimum Gasteiger partial charge on any atom is -0.493 e. The summed E-state index contributed by atoms with van der Waals surface area (Å²) in [7, 11) is 3.40. The first-order valence-corrected chi connectivity index (χ1v) is 11.6. The summed E-state index contributed by atoms with van der Waals surface area (Å²) in [5, 5.41) is 0. The Bertz CT molecular complexity index is 784. The zero-order valence-electron chi connectivity index (χ0n) is 20.5. The topological polar surface area (TPSA) is 57.0 Å². The molecule has 0 amide bonds. The van der Waals surface area contributed by atoms with E-state index < -0.39 is 0 Å². The van der Waals surface area contributed by atoms with E-state index in [1.54, 1.807) is 14.2 Å². The second-order valence-corrected chi connectivity index (χ2v) is 10.8. The lowest BCUT2D eigenvalue weighted by Gasteiger charge is -2.48. The van der Waals surface area contributed by atoms with Crippen LogP contribution in [0.1, 0.15) is 64.6 Å². The second-order valence-electron chi connectivity index (χ2n) is 10.8. The van der Waals surface area contributed by atoms with E-state index in [9.17, 15) is 0 Å². The van der Waals surface area contributed by atoms with Gasteiger partial charge >= 0.3 is 0 Å². The van der Waals surface area contributed by atoms with Crippen molar-refractivity contribution in [1.29, 1.82) is 0 Å². The van der Waals surface area contributed by atoms with Crippen LogP contribution in [-0.2, 0) is 11.2 Å². The number of rotatable bonds is 7. The van der Waals surface area contributed by atoms with Crippen LogP contribution in [0.25, 0.3) is 0 Å². The highest BCUT2D eigenvalue weighted by Crippen LogP contribution is 2.45. The van der Waals surface area contributed by atoms with Crippen LogP contribution in [0.4, 0.5) is 0 Å². The first kappa shape index (κ1) is 23.9. The average Bonchev–Trinajstić information content (AvgIpc) is 2.71. The normalized spacial score (nSPS) is 24.9. The van der Waals surface area contributed by atoms with Gasteiger partial charge in [0.25, 0.3) is 0 Å². The van der Waals surface area contributed by atoms with Gasteiger partial charge in [-0.3, -0.25) is 4.90 Å². The molecule has 2 heterocycles. The molecule has 1 saturated heterocycles. The van der Waals surface area contributed by atoms with Crippen LogP contribution < -0.4 is 15.2 Å². The van der Waals surface area contributed by atoms with Crippen molar-refractivity contribution in [3.63, 3.8) is 0 Å². The van der Waals surface area contributed by atoms with E-state index in [2.05, 4.69) is 58.2 Å². The quantitative estimate of drug-likeness (QED) is 0.621. The molecule has 2 N–H and O–H groups in total. The molecule has 0 unspecified atom stereocenters. The number of methoxy groups -OCH3 is 2. The minimum atomic E-state index is -0.187. The van der Waals surface area contributed by atoms with E-state index in [1.165, 1.54) is 11.1 Å². The van der Waals surface area contributed by atoms with E-state index in [-0.39, 0.29) is 17.6 Å². The summed E-state index contributed by atoms with van der Waals surface area (Å²) in [6, 6.07) is 4.44. The van der Waals surface area contributed by atoms with Gasteiger partial charge in [0.1, 0.15) is 11.9 Å². The molecule has 1 aromatic carbocycles. The first-order chi connectivity index (χ1) is 14.5. The van der Waals surface area contributed by atoms with E-state index in [4.69, 9.17) is 19.9 Å². The molecule has 31 heavy (non-hydrogen) atoms. The third-order valence-electron chi connectivity index (χ3n) is 6.92. The molecule has 0 aliphatic carbocycles. The summed E-state index contributed by atoms with van der Waals surface area (Å²) in [6.45, 7) is 17.3. The van der Waals surface area contributed by atoms with Crippen LogP contribution in [0.3, 0.4) is 0 Å². The van der Waals surface area contributed by atoms with Crippen molar-refractivity contribution in [2.75, 3.05) is 27.3 Å². The molecule has 5 heteroatoms. The summed E-state index contributed by atoms with van der Waals surface area (Å²) in [4.78, 5) is 2.63. The number of hydrogen-bond acceptors (Lipinski definition) is 5. The van der Waals surface area contributed by atoms with Gasteiger partial charge in [-0.05, 0) is 47.4 Å². The molecule has 0 spiro atoms. The van der Waals surface area contributed by atoms with E-state index in [0.717, 1.165) is 43.9 Å². The van der Waals surface area contributed by atoms with Crippen molar-refractivity contribution in [3.8, 4) is 11.5 Å². The Morgan fingerprint density at radius 2 is 1.84 bits per heavy atom. The highest BCUT2D eigenvalue weighted by molar-refractivity contribution is 5.49. The van der Waals surface area contributed by atoms with Crippen molar-refractivity contribution in [1.82, 2.24) is 4.90 Å². The van der Waals surface area contributed by atoms with Gasteiger partial charge in [-0.1, -0.05) is 41.2 Å². The number of benzene rings is 1. The molecular formula is C26H42N2O3. The fraction of sp³-hybridized carbons (Fsp3) is 0.692. The van der Waals surface area contributed by atoms with E-state index in [1.807, 2.05) is 0 Å². The number of ether oxygens (including phenoxy) is 3. The molecule has 2 aliphatic heterocycles. The fourth-order valence-electron chi connectivity index (χ4n) is 5.13. The maximum Gasteiger partial charge on any atom is 0.161 e. The molecule has 2 aliphatic rings. The van der Waals surface area contributed by atoms with Gasteiger partial charge in [-0.25, -0.2) is 0 Å². The summed E-state index contributed by atoms with van der Waals surface area (Å²) >= 11 is 0. The molecular weight excluding hydrogens is 388 g/mol. The lowest BCUT2D eigenvalue weighted by atomic mass is 9.78. The van der Waals surface area contributed by atoms with Crippen molar-refractivity contribution in [3.05, 3.63) is 35.6 Å². The average molecular weight is 431 g/mol. The van der Waals surface area contributed by atoms with Gasteiger partial charge in [-0.2, -0.15) is 0 Å². The van der Waals surface area contributed by atoms with Crippen LogP contribution in [0.15, 0.2) is 24.5 Å². The van der Waals surface area contributed by atoms with E-state index >= 15 is 0 Å². The zero-order valence-corrected chi connectivity index (χ0v) is 20.5. The van der Waals surface area contributed by atoms with Crippen molar-refractivity contribution in [2.24, 2.45) is 23.0 Å². The Kier molecular flexibility index (Phi) is 7.27. The smallest absolute Gasteiger partial charge is 0.161 e. The molecule has 0 radical (unpaired) electrons. The van der Waals surface area contributed by atoms with Crippen LogP contribution in [0.2, 0.25) is 0 Å². The lowest BCUT2D eigenvalue weighted by molar-refractivity contribution is -0.0437. The molecule has 3 rings (SSSR count). The zero-order chi connectivity index (χ0) is 22.9. The summed E-state index contributed by atoms with van der Waals surface area (Å²) in [5.41, 5.74) is 9.09. The predicted octanol–water partition coefficient (Wildman–Crippen LogP) is 4.94.